The maximum Gasteiger partial charge on any atom is 0.326 e. The molecule has 0 aliphatic heterocycles. The number of primary amides is 1. The monoisotopic (exact) mass is 357 g/mol. The largest absolute Gasteiger partial charge is 0.480 e. The van der Waals surface area contributed by atoms with Crippen LogP contribution >= 0.6 is 15.9 Å². The smallest absolute Gasteiger partial charge is 0.326 e. The minimum absolute atomic E-state index is 0.0600. The van der Waals surface area contributed by atoms with Gasteiger partial charge in [0.15, 0.2) is 0 Å². The number of carbonyl (C=O) groups is 3. The summed E-state index contributed by atoms with van der Waals surface area (Å²) in [5.74, 6) is -1.84. The molecule has 0 radical (unpaired) electrons. The fourth-order valence-electron chi connectivity index (χ4n) is 1.60. The zero-order valence-electron chi connectivity index (χ0n) is 11.4. The number of benzene rings is 1. The van der Waals surface area contributed by atoms with Crippen LogP contribution in [0.4, 0.5) is 10.5 Å². The van der Waals surface area contributed by atoms with Gasteiger partial charge in [-0.05, 0) is 31.0 Å². The van der Waals surface area contributed by atoms with Gasteiger partial charge < -0.3 is 21.5 Å². The lowest BCUT2D eigenvalue weighted by Crippen LogP contribution is -2.43. The fraction of sp³-hybridized carbons (Fsp3) is 0.308. The first-order chi connectivity index (χ1) is 9.81. The standard InChI is InChI=1S/C13H16BrN3O4/c1-7-8(14)3-2-4-9(7)16-13(21)17-10(12(19)20)5-6-11(15)18/h2-4,10H,5-6H2,1H3,(H2,15,18)(H,19,20)(H2,16,17,21)/t10-/m0/s1. The lowest BCUT2D eigenvalue weighted by atomic mass is 10.1. The highest BCUT2D eigenvalue weighted by molar-refractivity contribution is 9.10. The zero-order chi connectivity index (χ0) is 16.0. The number of rotatable bonds is 6. The summed E-state index contributed by atoms with van der Waals surface area (Å²) in [7, 11) is 0. The molecular weight excluding hydrogens is 342 g/mol. The Hall–Kier alpha value is -2.09. The third-order valence-electron chi connectivity index (χ3n) is 2.80. The molecule has 1 aromatic carbocycles. The van der Waals surface area contributed by atoms with Crippen molar-refractivity contribution in [2.45, 2.75) is 25.8 Å². The highest BCUT2D eigenvalue weighted by atomic mass is 79.9. The van der Waals surface area contributed by atoms with Gasteiger partial charge in [-0.15, -0.1) is 0 Å². The van der Waals surface area contributed by atoms with E-state index >= 15 is 0 Å². The molecule has 1 atom stereocenters. The van der Waals surface area contributed by atoms with Gasteiger partial charge in [0.05, 0.1) is 0 Å². The molecule has 0 saturated heterocycles. The number of hydrogen-bond acceptors (Lipinski definition) is 3. The average Bonchev–Trinajstić information content (AvgIpc) is 2.39. The summed E-state index contributed by atoms with van der Waals surface area (Å²) in [4.78, 5) is 33.5. The van der Waals surface area contributed by atoms with Crippen LogP contribution in [-0.2, 0) is 9.59 Å². The highest BCUT2D eigenvalue weighted by Gasteiger charge is 2.20. The number of carboxylic acids is 1. The van der Waals surface area contributed by atoms with Gasteiger partial charge in [0.1, 0.15) is 6.04 Å². The number of halogens is 1. The summed E-state index contributed by atoms with van der Waals surface area (Å²) in [6.07, 6.45) is -0.178. The second-order valence-electron chi connectivity index (χ2n) is 4.41. The molecule has 0 aliphatic rings. The van der Waals surface area contributed by atoms with Crippen molar-refractivity contribution >= 4 is 39.5 Å². The normalized spacial score (nSPS) is 11.5. The number of nitrogens with one attached hydrogen (secondary N) is 2. The van der Waals surface area contributed by atoms with Crippen LogP contribution in [0.5, 0.6) is 0 Å². The molecule has 0 unspecified atom stereocenters. The highest BCUT2D eigenvalue weighted by Crippen LogP contribution is 2.23. The number of hydrogen-bond donors (Lipinski definition) is 4. The van der Waals surface area contributed by atoms with Crippen molar-refractivity contribution in [1.29, 1.82) is 0 Å². The second-order valence-corrected chi connectivity index (χ2v) is 5.26. The summed E-state index contributed by atoms with van der Waals surface area (Å²) in [6.45, 7) is 1.81. The number of carbonyl (C=O) groups excluding carboxylic acids is 2. The quantitative estimate of drug-likeness (QED) is 0.617. The Morgan fingerprint density at radius 2 is 2.05 bits per heavy atom. The van der Waals surface area contributed by atoms with Gasteiger partial charge in [-0.2, -0.15) is 0 Å². The number of amides is 3. The van der Waals surface area contributed by atoms with E-state index in [0.29, 0.717) is 5.69 Å². The first kappa shape index (κ1) is 17.0. The molecule has 21 heavy (non-hydrogen) atoms. The van der Waals surface area contributed by atoms with Crippen molar-refractivity contribution in [2.24, 2.45) is 5.73 Å². The van der Waals surface area contributed by atoms with Crippen LogP contribution in [0.15, 0.2) is 22.7 Å². The number of nitrogens with two attached hydrogens (primary N) is 1. The average molecular weight is 358 g/mol. The van der Waals surface area contributed by atoms with Gasteiger partial charge >= 0.3 is 12.0 Å². The van der Waals surface area contributed by atoms with Crippen LogP contribution in [0.3, 0.4) is 0 Å². The topological polar surface area (TPSA) is 122 Å². The molecule has 0 saturated carbocycles. The molecule has 5 N–H and O–H groups in total. The summed E-state index contributed by atoms with van der Waals surface area (Å²) in [5, 5.41) is 13.9. The van der Waals surface area contributed by atoms with E-state index in [1.165, 1.54) is 0 Å². The molecule has 0 heterocycles. The summed E-state index contributed by atoms with van der Waals surface area (Å²) in [6, 6.07) is 3.43. The van der Waals surface area contributed by atoms with Gasteiger partial charge in [0, 0.05) is 16.6 Å². The molecule has 114 valence electrons. The summed E-state index contributed by atoms with van der Waals surface area (Å²) >= 11 is 3.33. The molecule has 0 aromatic heterocycles. The molecule has 1 rings (SSSR count). The first-order valence-electron chi connectivity index (χ1n) is 6.15. The lowest BCUT2D eigenvalue weighted by molar-refractivity contribution is -0.139. The van der Waals surface area contributed by atoms with Crippen LogP contribution in [0, 0.1) is 6.92 Å². The Balaban J connectivity index is 2.67. The van der Waals surface area contributed by atoms with E-state index in [9.17, 15) is 14.4 Å². The third-order valence-corrected chi connectivity index (χ3v) is 3.66. The van der Waals surface area contributed by atoms with E-state index in [1.54, 1.807) is 12.1 Å². The van der Waals surface area contributed by atoms with Gasteiger partial charge in [-0.3, -0.25) is 4.79 Å². The van der Waals surface area contributed by atoms with Crippen molar-refractivity contribution in [3.63, 3.8) is 0 Å². The van der Waals surface area contributed by atoms with Gasteiger partial charge in [0.25, 0.3) is 0 Å². The van der Waals surface area contributed by atoms with Crippen molar-refractivity contribution < 1.29 is 19.5 Å². The van der Waals surface area contributed by atoms with E-state index in [-0.39, 0.29) is 12.8 Å². The molecule has 8 heteroatoms. The predicted molar refractivity (Wildman–Crippen MR) is 80.9 cm³/mol. The van der Waals surface area contributed by atoms with Crippen LogP contribution in [0.2, 0.25) is 0 Å². The maximum atomic E-state index is 11.8. The molecule has 0 bridgehead atoms. The van der Waals surface area contributed by atoms with Crippen LogP contribution < -0.4 is 16.4 Å². The number of anilines is 1. The minimum atomic E-state index is -1.22. The minimum Gasteiger partial charge on any atom is -0.480 e. The van der Waals surface area contributed by atoms with E-state index in [2.05, 4.69) is 26.6 Å². The third kappa shape index (κ3) is 5.42. The van der Waals surface area contributed by atoms with Crippen molar-refractivity contribution in [1.82, 2.24) is 5.32 Å². The number of carboxylic acid groups (broad SMARTS) is 1. The first-order valence-corrected chi connectivity index (χ1v) is 6.94. The molecule has 1 aromatic rings. The van der Waals surface area contributed by atoms with Crippen molar-refractivity contribution in [3.8, 4) is 0 Å². The second kappa shape index (κ2) is 7.63. The van der Waals surface area contributed by atoms with Crippen LogP contribution in [0.25, 0.3) is 0 Å². The van der Waals surface area contributed by atoms with E-state index in [1.807, 2.05) is 13.0 Å². The van der Waals surface area contributed by atoms with Gasteiger partial charge in [0.2, 0.25) is 5.91 Å². The predicted octanol–water partition coefficient (Wildman–Crippen LogP) is 1.60. The Morgan fingerprint density at radius 3 is 2.62 bits per heavy atom. The SMILES string of the molecule is Cc1c(Br)cccc1NC(=O)N[C@@H](CCC(N)=O)C(=O)O. The Labute approximate surface area is 130 Å². The Morgan fingerprint density at radius 1 is 1.38 bits per heavy atom. The van der Waals surface area contributed by atoms with Gasteiger partial charge in [-0.1, -0.05) is 22.0 Å². The zero-order valence-corrected chi connectivity index (χ0v) is 12.9. The van der Waals surface area contributed by atoms with Crippen molar-refractivity contribution in [2.75, 3.05) is 5.32 Å². The lowest BCUT2D eigenvalue weighted by Gasteiger charge is -2.15. The number of aliphatic carboxylic acids is 1. The van der Waals surface area contributed by atoms with Crippen molar-refractivity contribution in [3.05, 3.63) is 28.2 Å². The fourth-order valence-corrected chi connectivity index (χ4v) is 1.97. The maximum absolute atomic E-state index is 11.8. The van der Waals surface area contributed by atoms with Gasteiger partial charge in [-0.25, -0.2) is 9.59 Å². The van der Waals surface area contributed by atoms with Crippen LogP contribution in [0.1, 0.15) is 18.4 Å². The van der Waals surface area contributed by atoms with E-state index < -0.39 is 23.9 Å². The Kier molecular flexibility index (Phi) is 6.16. The molecule has 0 fully saturated rings. The Bertz CT molecular complexity index is 562. The molecular formula is C13H16BrN3O4. The molecule has 3 amide bonds. The summed E-state index contributed by atoms with van der Waals surface area (Å²) < 4.78 is 0.823. The van der Waals surface area contributed by atoms with Crippen LogP contribution in [-0.4, -0.2) is 29.1 Å². The summed E-state index contributed by atoms with van der Waals surface area (Å²) in [5.41, 5.74) is 6.34. The van der Waals surface area contributed by atoms with E-state index in [0.717, 1.165) is 10.0 Å². The number of urea groups is 1. The molecule has 7 nitrogen and oxygen atoms in total. The van der Waals surface area contributed by atoms with E-state index in [4.69, 9.17) is 10.8 Å². The molecule has 0 aliphatic carbocycles. The molecule has 0 spiro atoms.